The van der Waals surface area contributed by atoms with Crippen LogP contribution >= 0.6 is 0 Å². The third-order valence-corrected chi connectivity index (χ3v) is 4.81. The van der Waals surface area contributed by atoms with Gasteiger partial charge in [0.25, 0.3) is 0 Å². The minimum atomic E-state index is -0.0892. The Bertz CT molecular complexity index is 787. The Morgan fingerprint density at radius 1 is 1.00 bits per heavy atom. The highest BCUT2D eigenvalue weighted by Crippen LogP contribution is 2.27. The molecule has 0 bridgehead atoms. The van der Waals surface area contributed by atoms with Gasteiger partial charge in [0.15, 0.2) is 0 Å². The summed E-state index contributed by atoms with van der Waals surface area (Å²) in [4.78, 5) is 14.7. The number of nitriles is 1. The van der Waals surface area contributed by atoms with Gasteiger partial charge in [-0.3, -0.25) is 4.79 Å². The molecule has 1 amide bonds. The van der Waals surface area contributed by atoms with E-state index in [1.165, 1.54) is 31.4 Å². The highest BCUT2D eigenvalue weighted by Gasteiger charge is 2.13. The summed E-state index contributed by atoms with van der Waals surface area (Å²) in [6, 6.07) is 17.7. The van der Waals surface area contributed by atoms with Crippen molar-refractivity contribution in [1.29, 1.82) is 5.26 Å². The molecule has 0 saturated carbocycles. The summed E-state index contributed by atoms with van der Waals surface area (Å²) >= 11 is 0. The normalized spacial score (nSPS) is 14.1. The maximum Gasteiger partial charge on any atom is 0.243 e. The van der Waals surface area contributed by atoms with Crippen molar-refractivity contribution in [2.45, 2.75) is 32.1 Å². The molecule has 1 heterocycles. The van der Waals surface area contributed by atoms with Crippen LogP contribution in [0.1, 0.15) is 31.2 Å². The number of carbonyl (C=O) groups excluding carboxylic acids is 1. The van der Waals surface area contributed by atoms with Crippen molar-refractivity contribution >= 4 is 23.0 Å². The van der Waals surface area contributed by atoms with E-state index in [4.69, 9.17) is 5.26 Å². The molecule has 2 aromatic carbocycles. The van der Waals surface area contributed by atoms with Gasteiger partial charge in [0.2, 0.25) is 5.91 Å². The van der Waals surface area contributed by atoms with Crippen molar-refractivity contribution in [2.75, 3.05) is 35.2 Å². The first-order chi connectivity index (χ1) is 13.3. The predicted molar refractivity (Wildman–Crippen MR) is 110 cm³/mol. The van der Waals surface area contributed by atoms with Crippen molar-refractivity contribution in [1.82, 2.24) is 0 Å². The molecular weight excluding hydrogens is 336 g/mol. The first-order valence-corrected chi connectivity index (χ1v) is 9.60. The first-order valence-electron chi connectivity index (χ1n) is 9.60. The minimum Gasteiger partial charge on any atom is -0.374 e. The third kappa shape index (κ3) is 5.49. The highest BCUT2D eigenvalue weighted by molar-refractivity contribution is 5.94. The molecule has 1 aliphatic rings. The number of anilines is 3. The average molecular weight is 362 g/mol. The molecule has 1 fully saturated rings. The summed E-state index contributed by atoms with van der Waals surface area (Å²) < 4.78 is 0. The fourth-order valence-corrected chi connectivity index (χ4v) is 3.39. The van der Waals surface area contributed by atoms with E-state index < -0.39 is 0 Å². The topological polar surface area (TPSA) is 68.2 Å². The molecule has 1 saturated heterocycles. The average Bonchev–Trinajstić information content (AvgIpc) is 2.98. The second-order valence-electron chi connectivity index (χ2n) is 6.85. The monoisotopic (exact) mass is 362 g/mol. The molecule has 2 N–H and O–H groups in total. The van der Waals surface area contributed by atoms with Gasteiger partial charge < -0.3 is 15.5 Å². The van der Waals surface area contributed by atoms with Crippen molar-refractivity contribution < 1.29 is 4.79 Å². The van der Waals surface area contributed by atoms with E-state index in [0.29, 0.717) is 6.42 Å². The lowest BCUT2D eigenvalue weighted by atomic mass is 10.1. The van der Waals surface area contributed by atoms with Gasteiger partial charge in [-0.2, -0.15) is 5.26 Å². The summed E-state index contributed by atoms with van der Waals surface area (Å²) in [5.41, 5.74) is 3.86. The molecule has 0 unspecified atom stereocenters. The fourth-order valence-electron chi connectivity index (χ4n) is 3.39. The Labute approximate surface area is 161 Å². The SMILES string of the molecule is N#CCc1ccc(NC(=O)CNc2ccccc2N2CCCCCC2)cc1. The molecule has 0 aliphatic carbocycles. The number of carbonyl (C=O) groups is 1. The smallest absolute Gasteiger partial charge is 0.243 e. The maximum atomic E-state index is 12.3. The van der Waals surface area contributed by atoms with E-state index in [9.17, 15) is 4.79 Å². The Balaban J connectivity index is 1.58. The largest absolute Gasteiger partial charge is 0.374 e. The van der Waals surface area contributed by atoms with Crippen molar-refractivity contribution in [2.24, 2.45) is 0 Å². The Hall–Kier alpha value is -3.00. The Kier molecular flexibility index (Phi) is 6.70. The van der Waals surface area contributed by atoms with Crippen LogP contribution in [0.3, 0.4) is 0 Å². The number of nitrogens with zero attached hydrogens (tertiary/aromatic N) is 2. The molecule has 5 heteroatoms. The zero-order chi connectivity index (χ0) is 18.9. The summed E-state index contributed by atoms with van der Waals surface area (Å²) in [6.45, 7) is 2.35. The Morgan fingerprint density at radius 2 is 1.70 bits per heavy atom. The van der Waals surface area contributed by atoms with Gasteiger partial charge in [-0.1, -0.05) is 37.1 Å². The van der Waals surface area contributed by atoms with Crippen LogP contribution in [0.15, 0.2) is 48.5 Å². The lowest BCUT2D eigenvalue weighted by Gasteiger charge is -2.25. The number of benzene rings is 2. The van der Waals surface area contributed by atoms with Crippen molar-refractivity contribution in [3.63, 3.8) is 0 Å². The molecular formula is C22H26N4O. The lowest BCUT2D eigenvalue weighted by molar-refractivity contribution is -0.114. The number of amides is 1. The van der Waals surface area contributed by atoms with Crippen LogP contribution in [0.25, 0.3) is 0 Å². The van der Waals surface area contributed by atoms with Crippen LogP contribution < -0.4 is 15.5 Å². The molecule has 3 rings (SSSR count). The van der Waals surface area contributed by atoms with E-state index in [0.717, 1.165) is 30.0 Å². The second kappa shape index (κ2) is 9.63. The van der Waals surface area contributed by atoms with Gasteiger partial charge >= 0.3 is 0 Å². The summed E-state index contributed by atoms with van der Waals surface area (Å²) in [5, 5.41) is 14.9. The third-order valence-electron chi connectivity index (χ3n) is 4.81. The molecule has 5 nitrogen and oxygen atoms in total. The van der Waals surface area contributed by atoms with E-state index in [1.54, 1.807) is 0 Å². The maximum absolute atomic E-state index is 12.3. The van der Waals surface area contributed by atoms with Crippen LogP contribution in [-0.2, 0) is 11.2 Å². The van der Waals surface area contributed by atoms with Gasteiger partial charge in [-0.15, -0.1) is 0 Å². The van der Waals surface area contributed by atoms with Gasteiger partial charge in [-0.25, -0.2) is 0 Å². The summed E-state index contributed by atoms with van der Waals surface area (Å²) in [7, 11) is 0. The molecule has 0 aromatic heterocycles. The van der Waals surface area contributed by atoms with Gasteiger partial charge in [0, 0.05) is 18.8 Å². The Morgan fingerprint density at radius 3 is 2.41 bits per heavy atom. The van der Waals surface area contributed by atoms with E-state index >= 15 is 0 Å². The number of rotatable bonds is 6. The van der Waals surface area contributed by atoms with Crippen LogP contribution in [-0.4, -0.2) is 25.5 Å². The fraction of sp³-hybridized carbons (Fsp3) is 0.364. The molecule has 1 aliphatic heterocycles. The number of para-hydroxylation sites is 2. The summed E-state index contributed by atoms with van der Waals surface area (Å²) in [6.07, 6.45) is 5.40. The highest BCUT2D eigenvalue weighted by atomic mass is 16.1. The number of hydrogen-bond acceptors (Lipinski definition) is 4. The standard InChI is InChI=1S/C22H26N4O/c23-14-13-18-9-11-19(12-10-18)25-22(27)17-24-20-7-3-4-8-21(20)26-15-5-1-2-6-16-26/h3-4,7-12,24H,1-2,5-6,13,15-17H2,(H,25,27). The second-order valence-corrected chi connectivity index (χ2v) is 6.85. The van der Waals surface area contributed by atoms with E-state index in [-0.39, 0.29) is 12.5 Å². The molecule has 0 spiro atoms. The molecule has 140 valence electrons. The first kappa shape index (κ1) is 18.8. The lowest BCUT2D eigenvalue weighted by Crippen LogP contribution is -2.26. The minimum absolute atomic E-state index is 0.0892. The molecule has 2 aromatic rings. The zero-order valence-electron chi connectivity index (χ0n) is 15.6. The summed E-state index contributed by atoms with van der Waals surface area (Å²) in [5.74, 6) is -0.0892. The van der Waals surface area contributed by atoms with Crippen LogP contribution in [0.2, 0.25) is 0 Å². The quantitative estimate of drug-likeness (QED) is 0.809. The van der Waals surface area contributed by atoms with Crippen molar-refractivity contribution in [3.05, 3.63) is 54.1 Å². The van der Waals surface area contributed by atoms with E-state index in [2.05, 4.69) is 27.7 Å². The predicted octanol–water partition coefficient (Wildman–Crippen LogP) is 4.18. The van der Waals surface area contributed by atoms with Crippen LogP contribution in [0.4, 0.5) is 17.1 Å². The van der Waals surface area contributed by atoms with Crippen LogP contribution in [0, 0.1) is 11.3 Å². The number of hydrogen-bond donors (Lipinski definition) is 2. The van der Waals surface area contributed by atoms with Gasteiger partial charge in [0.05, 0.1) is 30.4 Å². The van der Waals surface area contributed by atoms with E-state index in [1.807, 2.05) is 42.5 Å². The molecule has 0 radical (unpaired) electrons. The van der Waals surface area contributed by atoms with Gasteiger partial charge in [-0.05, 0) is 42.7 Å². The van der Waals surface area contributed by atoms with Crippen LogP contribution in [0.5, 0.6) is 0 Å². The number of nitrogens with one attached hydrogen (secondary N) is 2. The van der Waals surface area contributed by atoms with Crippen molar-refractivity contribution in [3.8, 4) is 6.07 Å². The molecule has 27 heavy (non-hydrogen) atoms. The molecule has 0 atom stereocenters. The zero-order valence-corrected chi connectivity index (χ0v) is 15.6. The van der Waals surface area contributed by atoms with Gasteiger partial charge in [0.1, 0.15) is 0 Å².